The van der Waals surface area contributed by atoms with Crippen LogP contribution in [0.25, 0.3) is 0 Å². The number of hydrogen-bond donors (Lipinski definition) is 1. The second-order valence-corrected chi connectivity index (χ2v) is 9.76. The van der Waals surface area contributed by atoms with Crippen LogP contribution in [0.5, 0.6) is 11.5 Å². The van der Waals surface area contributed by atoms with Gasteiger partial charge < -0.3 is 19.7 Å². The molecule has 2 rings (SSSR count). The molecule has 0 saturated carbocycles. The van der Waals surface area contributed by atoms with Crippen LogP contribution in [-0.2, 0) is 26.2 Å². The van der Waals surface area contributed by atoms with Crippen molar-refractivity contribution in [2.45, 2.75) is 32.9 Å². The third kappa shape index (κ3) is 6.63. The molecular weight excluding hydrogens is 458 g/mol. The van der Waals surface area contributed by atoms with Gasteiger partial charge in [-0.1, -0.05) is 36.8 Å². The van der Waals surface area contributed by atoms with Gasteiger partial charge in [0.1, 0.15) is 24.1 Å². The molecule has 2 aromatic carbocycles. The number of nitrogens with one attached hydrogen (secondary N) is 1. The average Bonchev–Trinajstić information content (AvgIpc) is 2.80. The van der Waals surface area contributed by atoms with Gasteiger partial charge in [0.25, 0.3) is 0 Å². The number of amides is 2. The van der Waals surface area contributed by atoms with E-state index in [0.29, 0.717) is 12.2 Å². The summed E-state index contributed by atoms with van der Waals surface area (Å²) < 4.78 is 37.1. The fourth-order valence-electron chi connectivity index (χ4n) is 3.68. The molecule has 0 bridgehead atoms. The lowest BCUT2D eigenvalue weighted by molar-refractivity contribution is -0.140. The molecule has 1 atom stereocenters. The zero-order valence-corrected chi connectivity index (χ0v) is 21.3. The Bertz CT molecular complexity index is 1120. The lowest BCUT2D eigenvalue weighted by atomic mass is 10.1. The molecule has 0 radical (unpaired) electrons. The maximum Gasteiger partial charge on any atom is 0.244 e. The van der Waals surface area contributed by atoms with Crippen LogP contribution in [0, 0.1) is 6.92 Å². The highest BCUT2D eigenvalue weighted by molar-refractivity contribution is 7.92. The molecule has 0 heterocycles. The summed E-state index contributed by atoms with van der Waals surface area (Å²) in [7, 11) is 0.484. The highest BCUT2D eigenvalue weighted by Crippen LogP contribution is 2.34. The molecule has 0 saturated heterocycles. The summed E-state index contributed by atoms with van der Waals surface area (Å²) >= 11 is 0. The van der Waals surface area contributed by atoms with Crippen molar-refractivity contribution in [2.24, 2.45) is 0 Å². The van der Waals surface area contributed by atoms with Crippen molar-refractivity contribution in [1.82, 2.24) is 10.2 Å². The molecule has 0 aromatic heterocycles. The summed E-state index contributed by atoms with van der Waals surface area (Å²) in [6, 6.07) is 11.5. The highest BCUT2D eigenvalue weighted by atomic mass is 32.2. The van der Waals surface area contributed by atoms with Gasteiger partial charge in [0.15, 0.2) is 0 Å². The first-order valence-electron chi connectivity index (χ1n) is 10.8. The standard InChI is InChI=1S/C24H33N3O6S/c1-7-20(24(29)25-3)26(15-18-10-8-9-17(2)13-18)23(28)16-27(34(6,30)31)21-14-19(32-4)11-12-22(21)33-5/h8-14,20H,7,15-16H2,1-6H3,(H,25,29)/t20-/m0/s1. The second kappa shape index (κ2) is 11.7. The number of nitrogens with zero attached hydrogens (tertiary/aromatic N) is 2. The first kappa shape index (κ1) is 27.0. The number of benzene rings is 2. The predicted molar refractivity (Wildman–Crippen MR) is 132 cm³/mol. The number of rotatable bonds is 11. The molecule has 0 aliphatic heterocycles. The second-order valence-electron chi connectivity index (χ2n) is 7.86. The largest absolute Gasteiger partial charge is 0.497 e. The molecular formula is C24H33N3O6S. The van der Waals surface area contributed by atoms with E-state index < -0.39 is 28.5 Å². The molecule has 0 unspecified atom stereocenters. The molecule has 2 amide bonds. The van der Waals surface area contributed by atoms with Crippen molar-refractivity contribution in [2.75, 3.05) is 38.4 Å². The number of hydrogen-bond acceptors (Lipinski definition) is 6. The van der Waals surface area contributed by atoms with Crippen molar-refractivity contribution in [1.29, 1.82) is 0 Å². The van der Waals surface area contributed by atoms with E-state index in [-0.39, 0.29) is 23.9 Å². The van der Waals surface area contributed by atoms with Gasteiger partial charge in [0, 0.05) is 19.7 Å². The minimum Gasteiger partial charge on any atom is -0.497 e. The summed E-state index contributed by atoms with van der Waals surface area (Å²) in [5.41, 5.74) is 2.01. The summed E-state index contributed by atoms with van der Waals surface area (Å²) in [5, 5.41) is 2.60. The van der Waals surface area contributed by atoms with Crippen molar-refractivity contribution < 1.29 is 27.5 Å². The van der Waals surface area contributed by atoms with Crippen LogP contribution in [0.15, 0.2) is 42.5 Å². The number of anilines is 1. The molecule has 186 valence electrons. The minimum atomic E-state index is -3.89. The van der Waals surface area contributed by atoms with E-state index in [1.165, 1.54) is 32.2 Å². The first-order valence-corrected chi connectivity index (χ1v) is 12.7. The maximum absolute atomic E-state index is 13.6. The first-order chi connectivity index (χ1) is 16.0. The Morgan fingerprint density at radius 1 is 1.09 bits per heavy atom. The smallest absolute Gasteiger partial charge is 0.244 e. The number of ether oxygens (including phenoxy) is 2. The fourth-order valence-corrected chi connectivity index (χ4v) is 4.52. The van der Waals surface area contributed by atoms with E-state index in [9.17, 15) is 18.0 Å². The molecule has 1 N–H and O–H groups in total. The quantitative estimate of drug-likeness (QED) is 0.517. The van der Waals surface area contributed by atoms with Crippen molar-refractivity contribution in [3.05, 3.63) is 53.6 Å². The minimum absolute atomic E-state index is 0.152. The van der Waals surface area contributed by atoms with Gasteiger partial charge in [-0.3, -0.25) is 13.9 Å². The summed E-state index contributed by atoms with van der Waals surface area (Å²) in [4.78, 5) is 27.6. The van der Waals surface area contributed by atoms with E-state index in [0.717, 1.165) is 21.7 Å². The Balaban J connectivity index is 2.52. The van der Waals surface area contributed by atoms with Crippen LogP contribution >= 0.6 is 0 Å². The summed E-state index contributed by atoms with van der Waals surface area (Å²) in [6.07, 6.45) is 1.37. The Kier molecular flexibility index (Phi) is 9.31. The van der Waals surface area contributed by atoms with Gasteiger partial charge in [0.05, 0.1) is 26.2 Å². The number of carbonyl (C=O) groups is 2. The summed E-state index contributed by atoms with van der Waals surface area (Å²) in [5.74, 6) is -0.173. The number of sulfonamides is 1. The van der Waals surface area contributed by atoms with Gasteiger partial charge in [0.2, 0.25) is 21.8 Å². The number of methoxy groups -OCH3 is 2. The number of aryl methyl sites for hydroxylation is 1. The third-order valence-corrected chi connectivity index (χ3v) is 6.53. The average molecular weight is 492 g/mol. The van der Waals surface area contributed by atoms with Crippen LogP contribution < -0.4 is 19.1 Å². The van der Waals surface area contributed by atoms with E-state index in [1.807, 2.05) is 31.2 Å². The van der Waals surface area contributed by atoms with E-state index >= 15 is 0 Å². The Morgan fingerprint density at radius 2 is 1.79 bits per heavy atom. The molecule has 10 heteroatoms. The molecule has 0 aliphatic carbocycles. The Morgan fingerprint density at radius 3 is 2.32 bits per heavy atom. The Labute approximate surface area is 201 Å². The predicted octanol–water partition coefficient (Wildman–Crippen LogP) is 2.33. The molecule has 0 fully saturated rings. The van der Waals surface area contributed by atoms with Crippen LogP contribution in [-0.4, -0.2) is 65.2 Å². The lowest BCUT2D eigenvalue weighted by Gasteiger charge is -2.33. The van der Waals surface area contributed by atoms with Gasteiger partial charge in [-0.2, -0.15) is 0 Å². The maximum atomic E-state index is 13.6. The zero-order valence-electron chi connectivity index (χ0n) is 20.5. The van der Waals surface area contributed by atoms with E-state index in [4.69, 9.17) is 9.47 Å². The van der Waals surface area contributed by atoms with Crippen molar-refractivity contribution in [3.8, 4) is 11.5 Å². The van der Waals surface area contributed by atoms with Gasteiger partial charge in [-0.25, -0.2) is 8.42 Å². The zero-order chi connectivity index (χ0) is 25.5. The molecule has 0 aliphatic rings. The number of likely N-dealkylation sites (N-methyl/N-ethyl adjacent to an activating group) is 1. The third-order valence-electron chi connectivity index (χ3n) is 5.40. The van der Waals surface area contributed by atoms with E-state index in [2.05, 4.69) is 5.32 Å². The van der Waals surface area contributed by atoms with Crippen molar-refractivity contribution in [3.63, 3.8) is 0 Å². The fraction of sp³-hybridized carbons (Fsp3) is 0.417. The monoisotopic (exact) mass is 491 g/mol. The normalized spacial score (nSPS) is 11.9. The van der Waals surface area contributed by atoms with Crippen LogP contribution in [0.4, 0.5) is 5.69 Å². The van der Waals surface area contributed by atoms with Crippen LogP contribution in [0.1, 0.15) is 24.5 Å². The van der Waals surface area contributed by atoms with E-state index in [1.54, 1.807) is 19.1 Å². The number of carbonyl (C=O) groups excluding carboxylic acids is 2. The topological polar surface area (TPSA) is 105 Å². The molecule has 2 aromatic rings. The SMILES string of the molecule is CC[C@@H](C(=O)NC)N(Cc1cccc(C)c1)C(=O)CN(c1cc(OC)ccc1OC)S(C)(=O)=O. The molecule has 34 heavy (non-hydrogen) atoms. The molecule has 0 spiro atoms. The lowest BCUT2D eigenvalue weighted by Crippen LogP contribution is -2.51. The van der Waals surface area contributed by atoms with Gasteiger partial charge >= 0.3 is 0 Å². The van der Waals surface area contributed by atoms with Crippen LogP contribution in [0.3, 0.4) is 0 Å². The highest BCUT2D eigenvalue weighted by Gasteiger charge is 2.32. The Hall–Kier alpha value is -3.27. The molecule has 9 nitrogen and oxygen atoms in total. The van der Waals surface area contributed by atoms with Crippen molar-refractivity contribution >= 4 is 27.5 Å². The van der Waals surface area contributed by atoms with Gasteiger partial charge in [-0.15, -0.1) is 0 Å². The summed E-state index contributed by atoms with van der Waals surface area (Å²) in [6.45, 7) is 3.38. The van der Waals surface area contributed by atoms with Crippen LogP contribution in [0.2, 0.25) is 0 Å². The van der Waals surface area contributed by atoms with Gasteiger partial charge in [-0.05, 0) is 31.0 Å².